The van der Waals surface area contributed by atoms with Gasteiger partial charge in [-0.2, -0.15) is 0 Å². The SMILES string of the molecule is CC(C)(C)CC1CC(NC2CC2)CN(CCO)C1. The lowest BCUT2D eigenvalue weighted by Gasteiger charge is -2.40. The van der Waals surface area contributed by atoms with Crippen LogP contribution in [0.4, 0.5) is 0 Å². The van der Waals surface area contributed by atoms with Gasteiger partial charge in [0, 0.05) is 31.7 Å². The van der Waals surface area contributed by atoms with Crippen molar-refractivity contribution < 1.29 is 5.11 Å². The minimum Gasteiger partial charge on any atom is -0.395 e. The third-order valence-corrected chi connectivity index (χ3v) is 3.98. The maximum atomic E-state index is 9.16. The van der Waals surface area contributed by atoms with Crippen molar-refractivity contribution in [1.29, 1.82) is 0 Å². The summed E-state index contributed by atoms with van der Waals surface area (Å²) >= 11 is 0. The van der Waals surface area contributed by atoms with Gasteiger partial charge in [0.2, 0.25) is 0 Å². The first kappa shape index (κ1) is 14.3. The second kappa shape index (κ2) is 5.89. The number of likely N-dealkylation sites (tertiary alicyclic amines) is 1. The Morgan fingerprint density at radius 3 is 2.44 bits per heavy atom. The van der Waals surface area contributed by atoms with Crippen molar-refractivity contribution in [2.75, 3.05) is 26.2 Å². The van der Waals surface area contributed by atoms with Crippen LogP contribution in [0.5, 0.6) is 0 Å². The highest BCUT2D eigenvalue weighted by Crippen LogP contribution is 2.31. The van der Waals surface area contributed by atoms with E-state index in [1.165, 1.54) is 32.2 Å². The van der Waals surface area contributed by atoms with E-state index in [9.17, 15) is 0 Å². The first-order valence-corrected chi connectivity index (χ1v) is 7.55. The smallest absolute Gasteiger partial charge is 0.0558 e. The average Bonchev–Trinajstić information content (AvgIpc) is 2.98. The molecule has 2 N–H and O–H groups in total. The molecular formula is C15H30N2O. The summed E-state index contributed by atoms with van der Waals surface area (Å²) in [4.78, 5) is 2.44. The maximum Gasteiger partial charge on any atom is 0.0558 e. The number of nitrogens with zero attached hydrogens (tertiary/aromatic N) is 1. The van der Waals surface area contributed by atoms with Crippen molar-refractivity contribution in [1.82, 2.24) is 10.2 Å². The Hall–Kier alpha value is -0.120. The Bertz CT molecular complexity index is 258. The Labute approximate surface area is 112 Å². The number of aliphatic hydroxyl groups is 1. The molecule has 3 nitrogen and oxygen atoms in total. The molecule has 0 radical (unpaired) electrons. The summed E-state index contributed by atoms with van der Waals surface area (Å²) in [6.07, 6.45) is 5.33. The van der Waals surface area contributed by atoms with Crippen LogP contribution in [0, 0.1) is 11.3 Å². The molecule has 3 heteroatoms. The minimum atomic E-state index is 0.290. The molecule has 0 aromatic carbocycles. The molecule has 2 unspecified atom stereocenters. The zero-order valence-corrected chi connectivity index (χ0v) is 12.3. The van der Waals surface area contributed by atoms with Gasteiger partial charge < -0.3 is 10.4 Å². The predicted molar refractivity (Wildman–Crippen MR) is 75.7 cm³/mol. The molecule has 2 fully saturated rings. The lowest BCUT2D eigenvalue weighted by atomic mass is 9.80. The Morgan fingerprint density at radius 1 is 1.17 bits per heavy atom. The summed E-state index contributed by atoms with van der Waals surface area (Å²) in [5.74, 6) is 0.779. The Morgan fingerprint density at radius 2 is 1.89 bits per heavy atom. The third-order valence-electron chi connectivity index (χ3n) is 3.98. The molecule has 1 saturated carbocycles. The topological polar surface area (TPSA) is 35.5 Å². The average molecular weight is 254 g/mol. The summed E-state index contributed by atoms with van der Waals surface area (Å²) in [5, 5.41) is 12.9. The van der Waals surface area contributed by atoms with Crippen molar-refractivity contribution in [2.24, 2.45) is 11.3 Å². The summed E-state index contributed by atoms with van der Waals surface area (Å²) in [5.41, 5.74) is 0.414. The van der Waals surface area contributed by atoms with Crippen LogP contribution < -0.4 is 5.32 Å². The van der Waals surface area contributed by atoms with Crippen molar-refractivity contribution in [3.8, 4) is 0 Å². The second-order valence-electron chi connectivity index (χ2n) is 7.49. The van der Waals surface area contributed by atoms with E-state index in [4.69, 9.17) is 5.11 Å². The largest absolute Gasteiger partial charge is 0.395 e. The second-order valence-corrected chi connectivity index (χ2v) is 7.49. The van der Waals surface area contributed by atoms with Crippen LogP contribution in [0.25, 0.3) is 0 Å². The number of aliphatic hydroxyl groups excluding tert-OH is 1. The summed E-state index contributed by atoms with van der Waals surface area (Å²) in [6.45, 7) is 10.4. The van der Waals surface area contributed by atoms with E-state index in [1.807, 2.05) is 0 Å². The summed E-state index contributed by atoms with van der Waals surface area (Å²) < 4.78 is 0. The number of hydrogen-bond donors (Lipinski definition) is 2. The van der Waals surface area contributed by atoms with Gasteiger partial charge in [-0.05, 0) is 37.0 Å². The first-order valence-electron chi connectivity index (χ1n) is 7.55. The van der Waals surface area contributed by atoms with E-state index in [0.29, 0.717) is 18.1 Å². The molecule has 0 aromatic heterocycles. The molecule has 2 atom stereocenters. The van der Waals surface area contributed by atoms with Crippen molar-refractivity contribution >= 4 is 0 Å². The van der Waals surface area contributed by atoms with Crippen LogP contribution in [-0.4, -0.2) is 48.3 Å². The van der Waals surface area contributed by atoms with Crippen molar-refractivity contribution in [3.63, 3.8) is 0 Å². The van der Waals surface area contributed by atoms with Crippen LogP contribution in [0.2, 0.25) is 0 Å². The van der Waals surface area contributed by atoms with Gasteiger partial charge in [0.25, 0.3) is 0 Å². The van der Waals surface area contributed by atoms with Gasteiger partial charge >= 0.3 is 0 Å². The van der Waals surface area contributed by atoms with Crippen LogP contribution >= 0.6 is 0 Å². The number of rotatable bonds is 5. The third kappa shape index (κ3) is 4.87. The fourth-order valence-electron chi connectivity index (χ4n) is 3.34. The molecule has 2 aliphatic rings. The van der Waals surface area contributed by atoms with Gasteiger partial charge in [-0.15, -0.1) is 0 Å². The van der Waals surface area contributed by atoms with Gasteiger partial charge in [0.15, 0.2) is 0 Å². The molecule has 106 valence electrons. The molecule has 2 rings (SSSR count). The van der Waals surface area contributed by atoms with Gasteiger partial charge in [0.1, 0.15) is 0 Å². The van der Waals surface area contributed by atoms with E-state index in [1.54, 1.807) is 0 Å². The van der Waals surface area contributed by atoms with E-state index >= 15 is 0 Å². The quantitative estimate of drug-likeness (QED) is 0.786. The van der Waals surface area contributed by atoms with E-state index < -0.39 is 0 Å². The molecule has 18 heavy (non-hydrogen) atoms. The highest BCUT2D eigenvalue weighted by molar-refractivity contribution is 4.91. The standard InChI is InChI=1S/C15H30N2O/c1-15(2,3)9-12-8-14(16-13-4-5-13)11-17(10-12)6-7-18/h12-14,16,18H,4-11H2,1-3H3. The lowest BCUT2D eigenvalue weighted by Crippen LogP contribution is -2.51. The maximum absolute atomic E-state index is 9.16. The molecule has 0 aromatic rings. The fourth-order valence-corrected chi connectivity index (χ4v) is 3.34. The fraction of sp³-hybridized carbons (Fsp3) is 1.00. The molecule has 0 bridgehead atoms. The number of piperidine rings is 1. The van der Waals surface area contributed by atoms with Gasteiger partial charge in [-0.1, -0.05) is 20.8 Å². The molecule has 1 aliphatic carbocycles. The van der Waals surface area contributed by atoms with Gasteiger partial charge in [-0.25, -0.2) is 0 Å². The van der Waals surface area contributed by atoms with Crippen LogP contribution in [0.3, 0.4) is 0 Å². The Balaban J connectivity index is 1.87. The van der Waals surface area contributed by atoms with Crippen molar-refractivity contribution in [2.45, 2.75) is 58.5 Å². The lowest BCUT2D eigenvalue weighted by molar-refractivity contribution is 0.0956. The van der Waals surface area contributed by atoms with Crippen LogP contribution in [-0.2, 0) is 0 Å². The van der Waals surface area contributed by atoms with Crippen LogP contribution in [0.1, 0.15) is 46.5 Å². The van der Waals surface area contributed by atoms with Gasteiger partial charge in [-0.3, -0.25) is 4.90 Å². The molecule has 1 saturated heterocycles. The molecule has 0 amide bonds. The van der Waals surface area contributed by atoms with E-state index in [0.717, 1.165) is 25.0 Å². The summed E-state index contributed by atoms with van der Waals surface area (Å²) in [7, 11) is 0. The zero-order valence-electron chi connectivity index (χ0n) is 12.3. The first-order chi connectivity index (χ1) is 8.46. The van der Waals surface area contributed by atoms with E-state index in [2.05, 4.69) is 31.0 Å². The monoisotopic (exact) mass is 254 g/mol. The van der Waals surface area contributed by atoms with Crippen molar-refractivity contribution in [3.05, 3.63) is 0 Å². The number of hydrogen-bond acceptors (Lipinski definition) is 3. The van der Waals surface area contributed by atoms with Crippen LogP contribution in [0.15, 0.2) is 0 Å². The minimum absolute atomic E-state index is 0.290. The normalized spacial score (nSPS) is 30.7. The molecule has 1 aliphatic heterocycles. The molecule has 0 spiro atoms. The highest BCUT2D eigenvalue weighted by atomic mass is 16.3. The number of β-amino-alcohol motifs (C(OH)–C–C–N with tert-alkyl or cyclic N) is 1. The molecule has 1 heterocycles. The highest BCUT2D eigenvalue weighted by Gasteiger charge is 2.32. The summed E-state index contributed by atoms with van der Waals surface area (Å²) in [6, 6.07) is 1.43. The Kier molecular flexibility index (Phi) is 4.68. The van der Waals surface area contributed by atoms with Gasteiger partial charge in [0.05, 0.1) is 6.61 Å². The molecular weight excluding hydrogens is 224 g/mol. The zero-order chi connectivity index (χ0) is 13.2. The number of nitrogens with one attached hydrogen (secondary N) is 1. The van der Waals surface area contributed by atoms with E-state index in [-0.39, 0.29) is 0 Å². The predicted octanol–water partition coefficient (Wildman–Crippen LogP) is 1.86.